The third-order valence-electron chi connectivity index (χ3n) is 2.77. The lowest BCUT2D eigenvalue weighted by molar-refractivity contribution is -0.122. The van der Waals surface area contributed by atoms with E-state index in [1.807, 2.05) is 0 Å². The summed E-state index contributed by atoms with van der Waals surface area (Å²) in [6.45, 7) is 2.09. The Morgan fingerprint density at radius 3 is 2.78 bits per heavy atom. The minimum Gasteiger partial charge on any atom is -0.475 e. The van der Waals surface area contributed by atoms with Crippen molar-refractivity contribution in [2.24, 2.45) is 0 Å². The molecule has 0 spiro atoms. The lowest BCUT2D eigenvalue weighted by atomic mass is 10.3. The molecule has 1 aromatic rings. The van der Waals surface area contributed by atoms with Crippen LogP contribution in [0.3, 0.4) is 0 Å². The third kappa shape index (κ3) is 3.33. The number of nitrogens with one attached hydrogen (secondary N) is 2. The molecule has 0 aliphatic heterocycles. The van der Waals surface area contributed by atoms with Gasteiger partial charge < -0.3 is 14.8 Å². The van der Waals surface area contributed by atoms with Crippen molar-refractivity contribution in [3.63, 3.8) is 0 Å². The highest BCUT2D eigenvalue weighted by molar-refractivity contribution is 5.84. The maximum absolute atomic E-state index is 11.6. The largest absolute Gasteiger partial charge is 0.475 e. The Labute approximate surface area is 104 Å². The molecule has 1 atom stereocenters. The van der Waals surface area contributed by atoms with Gasteiger partial charge in [-0.1, -0.05) is 0 Å². The number of furan rings is 1. The predicted molar refractivity (Wildman–Crippen MR) is 63.1 cm³/mol. The Balaban J connectivity index is 1.78. The highest BCUT2D eigenvalue weighted by atomic mass is 16.4. The van der Waals surface area contributed by atoms with Crippen molar-refractivity contribution >= 4 is 11.9 Å². The molecule has 1 aliphatic rings. The first-order valence-corrected chi connectivity index (χ1v) is 5.92. The molecule has 1 heterocycles. The molecule has 1 aliphatic carbocycles. The van der Waals surface area contributed by atoms with Crippen LogP contribution in [0.2, 0.25) is 0 Å². The minimum atomic E-state index is -1.10. The van der Waals surface area contributed by atoms with Gasteiger partial charge in [-0.15, -0.1) is 0 Å². The average molecular weight is 252 g/mol. The molecule has 6 heteroatoms. The van der Waals surface area contributed by atoms with Crippen LogP contribution in [-0.2, 0) is 11.3 Å². The number of rotatable bonds is 6. The fourth-order valence-electron chi connectivity index (χ4n) is 1.49. The molecule has 0 aromatic carbocycles. The number of carbonyl (C=O) groups excluding carboxylic acids is 1. The summed E-state index contributed by atoms with van der Waals surface area (Å²) in [5.74, 6) is -0.733. The summed E-state index contributed by atoms with van der Waals surface area (Å²) in [5.41, 5.74) is 0. The number of carboxylic acid groups (broad SMARTS) is 1. The van der Waals surface area contributed by atoms with E-state index in [-0.39, 0.29) is 17.7 Å². The highest BCUT2D eigenvalue weighted by Crippen LogP contribution is 2.18. The standard InChI is InChI=1S/C12H16N2O4/c1-7(11(15)14-8-2-3-8)13-6-9-4-5-10(18-9)12(16)17/h4-5,7-8,13H,2-3,6H2,1H3,(H,14,15)(H,16,17). The maximum atomic E-state index is 11.6. The summed E-state index contributed by atoms with van der Waals surface area (Å²) in [6, 6.07) is 2.99. The van der Waals surface area contributed by atoms with Crippen LogP contribution in [-0.4, -0.2) is 29.1 Å². The Morgan fingerprint density at radius 1 is 1.50 bits per heavy atom. The fraction of sp³-hybridized carbons (Fsp3) is 0.500. The van der Waals surface area contributed by atoms with Crippen molar-refractivity contribution in [1.82, 2.24) is 10.6 Å². The van der Waals surface area contributed by atoms with E-state index in [4.69, 9.17) is 9.52 Å². The van der Waals surface area contributed by atoms with Gasteiger partial charge in [0, 0.05) is 6.04 Å². The second-order valence-corrected chi connectivity index (χ2v) is 4.46. The Bertz CT molecular complexity index is 451. The number of hydrogen-bond donors (Lipinski definition) is 3. The van der Waals surface area contributed by atoms with E-state index in [1.165, 1.54) is 6.07 Å². The topological polar surface area (TPSA) is 91.6 Å². The molecule has 1 fully saturated rings. The molecule has 0 radical (unpaired) electrons. The highest BCUT2D eigenvalue weighted by Gasteiger charge is 2.25. The van der Waals surface area contributed by atoms with Gasteiger partial charge in [-0.25, -0.2) is 4.79 Å². The summed E-state index contributed by atoms with van der Waals surface area (Å²) < 4.78 is 5.07. The van der Waals surface area contributed by atoms with Gasteiger partial charge in [0.25, 0.3) is 0 Å². The van der Waals surface area contributed by atoms with Crippen LogP contribution in [0, 0.1) is 0 Å². The van der Waals surface area contributed by atoms with Crippen LogP contribution in [0.4, 0.5) is 0 Å². The number of hydrogen-bond acceptors (Lipinski definition) is 4. The van der Waals surface area contributed by atoms with Crippen LogP contribution in [0.15, 0.2) is 16.5 Å². The molecule has 0 saturated heterocycles. The monoisotopic (exact) mass is 252 g/mol. The Hall–Kier alpha value is -1.82. The molecule has 3 N–H and O–H groups in total. The van der Waals surface area contributed by atoms with Crippen LogP contribution in [0.1, 0.15) is 36.1 Å². The summed E-state index contributed by atoms with van der Waals surface area (Å²) in [5, 5.41) is 14.6. The molecule has 0 bridgehead atoms. The van der Waals surface area contributed by atoms with Crippen LogP contribution < -0.4 is 10.6 Å². The number of aromatic carboxylic acids is 1. The van der Waals surface area contributed by atoms with Gasteiger partial charge in [0.15, 0.2) is 0 Å². The first kappa shape index (κ1) is 12.6. The summed E-state index contributed by atoms with van der Waals surface area (Å²) in [4.78, 5) is 22.2. The van der Waals surface area contributed by atoms with E-state index in [2.05, 4.69) is 10.6 Å². The predicted octanol–water partition coefficient (Wildman–Crippen LogP) is 0.734. The van der Waals surface area contributed by atoms with Crippen LogP contribution in [0.25, 0.3) is 0 Å². The number of carboxylic acids is 1. The van der Waals surface area contributed by atoms with Crippen molar-refractivity contribution in [3.8, 4) is 0 Å². The van der Waals surface area contributed by atoms with E-state index >= 15 is 0 Å². The molecule has 1 unspecified atom stereocenters. The molecule has 1 saturated carbocycles. The van der Waals surface area contributed by atoms with E-state index in [0.717, 1.165) is 12.8 Å². The molecule has 98 valence electrons. The van der Waals surface area contributed by atoms with Gasteiger partial charge in [-0.3, -0.25) is 10.1 Å². The second kappa shape index (κ2) is 5.22. The number of amides is 1. The molecular formula is C12H16N2O4. The summed E-state index contributed by atoms with van der Waals surface area (Å²) >= 11 is 0. The van der Waals surface area contributed by atoms with Gasteiger partial charge >= 0.3 is 5.97 Å². The normalized spacial score (nSPS) is 16.3. The van der Waals surface area contributed by atoms with Gasteiger partial charge in [0.1, 0.15) is 5.76 Å². The van der Waals surface area contributed by atoms with E-state index in [0.29, 0.717) is 18.3 Å². The van der Waals surface area contributed by atoms with Crippen molar-refractivity contribution < 1.29 is 19.1 Å². The Kier molecular flexibility index (Phi) is 3.66. The SMILES string of the molecule is CC(NCc1ccc(C(=O)O)o1)C(=O)NC1CC1. The van der Waals surface area contributed by atoms with Crippen LogP contribution >= 0.6 is 0 Å². The lowest BCUT2D eigenvalue weighted by Gasteiger charge is -2.12. The Morgan fingerprint density at radius 2 is 2.22 bits per heavy atom. The van der Waals surface area contributed by atoms with Crippen LogP contribution in [0.5, 0.6) is 0 Å². The van der Waals surface area contributed by atoms with Crippen molar-refractivity contribution in [2.75, 3.05) is 0 Å². The van der Waals surface area contributed by atoms with E-state index in [9.17, 15) is 9.59 Å². The number of carbonyl (C=O) groups is 2. The summed E-state index contributed by atoms with van der Waals surface area (Å²) in [7, 11) is 0. The van der Waals surface area contributed by atoms with E-state index in [1.54, 1.807) is 13.0 Å². The average Bonchev–Trinajstić information content (AvgIpc) is 3.00. The van der Waals surface area contributed by atoms with Gasteiger partial charge in [0.05, 0.1) is 12.6 Å². The zero-order chi connectivity index (χ0) is 13.1. The van der Waals surface area contributed by atoms with Crippen molar-refractivity contribution in [3.05, 3.63) is 23.7 Å². The first-order chi connectivity index (χ1) is 8.56. The van der Waals surface area contributed by atoms with Gasteiger partial charge in [0.2, 0.25) is 11.7 Å². The zero-order valence-electron chi connectivity index (χ0n) is 10.1. The van der Waals surface area contributed by atoms with Crippen molar-refractivity contribution in [2.45, 2.75) is 38.4 Å². The smallest absolute Gasteiger partial charge is 0.371 e. The fourth-order valence-corrected chi connectivity index (χ4v) is 1.49. The molecule has 18 heavy (non-hydrogen) atoms. The molecule has 2 rings (SSSR count). The molecule has 1 aromatic heterocycles. The molecule has 1 amide bonds. The third-order valence-corrected chi connectivity index (χ3v) is 2.77. The van der Waals surface area contributed by atoms with E-state index < -0.39 is 5.97 Å². The van der Waals surface area contributed by atoms with Gasteiger partial charge in [-0.2, -0.15) is 0 Å². The second-order valence-electron chi connectivity index (χ2n) is 4.46. The van der Waals surface area contributed by atoms with Gasteiger partial charge in [-0.05, 0) is 31.9 Å². The lowest BCUT2D eigenvalue weighted by Crippen LogP contribution is -2.42. The zero-order valence-corrected chi connectivity index (χ0v) is 10.1. The molecular weight excluding hydrogens is 236 g/mol. The molecule has 6 nitrogen and oxygen atoms in total. The first-order valence-electron chi connectivity index (χ1n) is 5.92. The minimum absolute atomic E-state index is 0.0393. The summed E-state index contributed by atoms with van der Waals surface area (Å²) in [6.07, 6.45) is 2.11. The quantitative estimate of drug-likeness (QED) is 0.694. The maximum Gasteiger partial charge on any atom is 0.371 e. The van der Waals surface area contributed by atoms with Crippen molar-refractivity contribution in [1.29, 1.82) is 0 Å².